The van der Waals surface area contributed by atoms with E-state index >= 15 is 0 Å². The zero-order chi connectivity index (χ0) is 20.3. The minimum absolute atomic E-state index is 0.151. The summed E-state index contributed by atoms with van der Waals surface area (Å²) in [5.41, 5.74) is 2.72. The molecule has 1 saturated heterocycles. The third-order valence-corrected chi connectivity index (χ3v) is 5.69. The lowest BCUT2D eigenvalue weighted by atomic mass is 9.93. The van der Waals surface area contributed by atoms with Crippen LogP contribution < -0.4 is 0 Å². The molecule has 150 valence electrons. The molecule has 1 unspecified atom stereocenters. The van der Waals surface area contributed by atoms with Gasteiger partial charge in [-0.3, -0.25) is 9.48 Å². The lowest BCUT2D eigenvalue weighted by molar-refractivity contribution is -0.132. The predicted molar refractivity (Wildman–Crippen MR) is 108 cm³/mol. The van der Waals surface area contributed by atoms with Gasteiger partial charge in [-0.05, 0) is 35.8 Å². The predicted octanol–water partition coefficient (Wildman–Crippen LogP) is 4.06. The minimum Gasteiger partial charge on any atom is -0.478 e. The topological polar surface area (TPSA) is 75.4 Å². The van der Waals surface area contributed by atoms with Gasteiger partial charge in [0, 0.05) is 25.7 Å². The number of likely N-dealkylation sites (tertiary alicyclic amines) is 1. The van der Waals surface area contributed by atoms with Gasteiger partial charge in [0.05, 0.1) is 17.8 Å². The molecule has 1 amide bonds. The highest BCUT2D eigenvalue weighted by atomic mass is 16.4. The lowest BCUT2D eigenvalue weighted by Crippen LogP contribution is -2.39. The van der Waals surface area contributed by atoms with E-state index in [0.717, 1.165) is 12.8 Å². The summed E-state index contributed by atoms with van der Waals surface area (Å²) in [5, 5.41) is 13.2. The molecule has 1 fully saturated rings. The minimum atomic E-state index is -0.964. The van der Waals surface area contributed by atoms with Gasteiger partial charge in [-0.25, -0.2) is 4.79 Å². The standard InChI is InChI=1S/C22H29N3O3/c1-15(2)17-4-6-18(7-5-17)16(3)12-21(26)24-10-8-20(9-11-24)25-14-19(13-23-25)22(27)28/h4-7,13-16,20H,8-12H2,1-3H3,(H,27,28). The second-order valence-corrected chi connectivity index (χ2v) is 8.05. The summed E-state index contributed by atoms with van der Waals surface area (Å²) >= 11 is 0. The van der Waals surface area contributed by atoms with Gasteiger partial charge in [-0.1, -0.05) is 45.0 Å². The van der Waals surface area contributed by atoms with Crippen LogP contribution in [0, 0.1) is 0 Å². The third kappa shape index (κ3) is 4.61. The van der Waals surface area contributed by atoms with E-state index in [-0.39, 0.29) is 23.4 Å². The maximum absolute atomic E-state index is 12.7. The third-order valence-electron chi connectivity index (χ3n) is 5.69. The molecular formula is C22H29N3O3. The number of amides is 1. The highest BCUT2D eigenvalue weighted by Crippen LogP contribution is 2.26. The van der Waals surface area contributed by atoms with Crippen LogP contribution in [0.3, 0.4) is 0 Å². The largest absolute Gasteiger partial charge is 0.478 e. The number of carboxylic acid groups (broad SMARTS) is 1. The number of aromatic nitrogens is 2. The molecule has 6 nitrogen and oxygen atoms in total. The summed E-state index contributed by atoms with van der Waals surface area (Å²) in [6, 6.07) is 8.73. The summed E-state index contributed by atoms with van der Waals surface area (Å²) in [6.45, 7) is 7.83. The van der Waals surface area contributed by atoms with Crippen LogP contribution in [0.2, 0.25) is 0 Å². The number of benzene rings is 1. The Kier molecular flexibility index (Phi) is 6.17. The number of nitrogens with zero attached hydrogens (tertiary/aromatic N) is 3. The van der Waals surface area contributed by atoms with Gasteiger partial charge in [-0.15, -0.1) is 0 Å². The number of hydrogen-bond acceptors (Lipinski definition) is 3. The van der Waals surface area contributed by atoms with E-state index in [0.29, 0.717) is 25.4 Å². The van der Waals surface area contributed by atoms with Crippen molar-refractivity contribution < 1.29 is 14.7 Å². The SMILES string of the molecule is CC(C)c1ccc(C(C)CC(=O)N2CCC(n3cc(C(=O)O)cn3)CC2)cc1. The molecular weight excluding hydrogens is 354 g/mol. The second kappa shape index (κ2) is 8.59. The zero-order valence-electron chi connectivity index (χ0n) is 16.8. The Morgan fingerprint density at radius 3 is 2.25 bits per heavy atom. The smallest absolute Gasteiger partial charge is 0.338 e. The molecule has 2 heterocycles. The van der Waals surface area contributed by atoms with E-state index in [4.69, 9.17) is 5.11 Å². The molecule has 0 radical (unpaired) electrons. The molecule has 1 atom stereocenters. The molecule has 0 aliphatic carbocycles. The molecule has 0 bridgehead atoms. The monoisotopic (exact) mass is 383 g/mol. The zero-order valence-corrected chi connectivity index (χ0v) is 16.8. The van der Waals surface area contributed by atoms with E-state index < -0.39 is 5.97 Å². The van der Waals surface area contributed by atoms with Gasteiger partial charge in [-0.2, -0.15) is 5.10 Å². The molecule has 1 aliphatic rings. The molecule has 0 saturated carbocycles. The van der Waals surface area contributed by atoms with Crippen molar-refractivity contribution in [2.45, 2.75) is 57.9 Å². The van der Waals surface area contributed by atoms with Crippen LogP contribution in [0.4, 0.5) is 0 Å². The van der Waals surface area contributed by atoms with Crippen LogP contribution in [-0.4, -0.2) is 44.8 Å². The second-order valence-electron chi connectivity index (χ2n) is 8.05. The van der Waals surface area contributed by atoms with Crippen molar-refractivity contribution in [2.24, 2.45) is 0 Å². The van der Waals surface area contributed by atoms with Crippen LogP contribution in [0.15, 0.2) is 36.7 Å². The number of carbonyl (C=O) groups is 2. The van der Waals surface area contributed by atoms with Gasteiger partial charge in [0.25, 0.3) is 0 Å². The average molecular weight is 383 g/mol. The fourth-order valence-corrected chi connectivity index (χ4v) is 3.75. The van der Waals surface area contributed by atoms with Crippen molar-refractivity contribution in [3.8, 4) is 0 Å². The first-order valence-corrected chi connectivity index (χ1v) is 10.00. The Balaban J connectivity index is 1.52. The molecule has 1 aliphatic heterocycles. The number of hydrogen-bond donors (Lipinski definition) is 1. The van der Waals surface area contributed by atoms with Crippen molar-refractivity contribution in [3.05, 3.63) is 53.3 Å². The summed E-state index contributed by atoms with van der Waals surface area (Å²) in [6.07, 6.45) is 5.06. The number of piperidine rings is 1. The van der Waals surface area contributed by atoms with Crippen molar-refractivity contribution >= 4 is 11.9 Å². The van der Waals surface area contributed by atoms with Crippen molar-refractivity contribution in [2.75, 3.05) is 13.1 Å². The van der Waals surface area contributed by atoms with E-state index in [2.05, 4.69) is 50.1 Å². The first-order valence-electron chi connectivity index (χ1n) is 10.00. The van der Waals surface area contributed by atoms with Crippen molar-refractivity contribution in [3.63, 3.8) is 0 Å². The summed E-state index contributed by atoms with van der Waals surface area (Å²) < 4.78 is 1.73. The number of carbonyl (C=O) groups excluding carboxylic acids is 1. The quantitative estimate of drug-likeness (QED) is 0.816. The van der Waals surface area contributed by atoms with Crippen molar-refractivity contribution in [1.82, 2.24) is 14.7 Å². The maximum Gasteiger partial charge on any atom is 0.338 e. The fraction of sp³-hybridized carbons (Fsp3) is 0.500. The highest BCUT2D eigenvalue weighted by Gasteiger charge is 2.26. The van der Waals surface area contributed by atoms with E-state index in [1.54, 1.807) is 10.9 Å². The molecule has 28 heavy (non-hydrogen) atoms. The Bertz CT molecular complexity index is 818. The maximum atomic E-state index is 12.7. The summed E-state index contributed by atoms with van der Waals surface area (Å²) in [7, 11) is 0. The first kappa shape index (κ1) is 20.1. The number of aromatic carboxylic acids is 1. The Labute approximate surface area is 166 Å². The first-order chi connectivity index (χ1) is 13.3. The number of carboxylic acids is 1. The van der Waals surface area contributed by atoms with Crippen LogP contribution in [0.5, 0.6) is 0 Å². The molecule has 1 aromatic heterocycles. The Morgan fingerprint density at radius 1 is 1.11 bits per heavy atom. The van der Waals surface area contributed by atoms with Gasteiger partial charge in [0.1, 0.15) is 0 Å². The fourth-order valence-electron chi connectivity index (χ4n) is 3.75. The summed E-state index contributed by atoms with van der Waals surface area (Å²) in [4.78, 5) is 25.7. The van der Waals surface area contributed by atoms with Crippen LogP contribution in [-0.2, 0) is 4.79 Å². The van der Waals surface area contributed by atoms with E-state index in [1.165, 1.54) is 17.3 Å². The average Bonchev–Trinajstić information content (AvgIpc) is 3.18. The van der Waals surface area contributed by atoms with E-state index in [1.807, 2.05) is 4.90 Å². The van der Waals surface area contributed by atoms with Crippen LogP contribution in [0.1, 0.15) is 79.4 Å². The molecule has 1 N–H and O–H groups in total. The normalized spacial score (nSPS) is 16.4. The summed E-state index contributed by atoms with van der Waals surface area (Å²) in [5.74, 6) is -0.0795. The highest BCUT2D eigenvalue weighted by molar-refractivity contribution is 5.86. The molecule has 1 aromatic carbocycles. The van der Waals surface area contributed by atoms with Crippen LogP contribution >= 0.6 is 0 Å². The lowest BCUT2D eigenvalue weighted by Gasteiger charge is -2.32. The Morgan fingerprint density at radius 2 is 1.71 bits per heavy atom. The Hall–Kier alpha value is -2.63. The van der Waals surface area contributed by atoms with Crippen LogP contribution in [0.25, 0.3) is 0 Å². The van der Waals surface area contributed by atoms with Gasteiger partial charge < -0.3 is 10.0 Å². The van der Waals surface area contributed by atoms with Gasteiger partial charge in [0.2, 0.25) is 5.91 Å². The van der Waals surface area contributed by atoms with E-state index in [9.17, 15) is 9.59 Å². The molecule has 3 rings (SSSR count). The number of rotatable bonds is 6. The van der Waals surface area contributed by atoms with Gasteiger partial charge >= 0.3 is 5.97 Å². The molecule has 6 heteroatoms. The van der Waals surface area contributed by atoms with Crippen molar-refractivity contribution in [1.29, 1.82) is 0 Å². The van der Waals surface area contributed by atoms with Gasteiger partial charge in [0.15, 0.2) is 0 Å². The molecule has 0 spiro atoms. The molecule has 2 aromatic rings.